The van der Waals surface area contributed by atoms with Gasteiger partial charge in [-0.15, -0.1) is 0 Å². The lowest BCUT2D eigenvalue weighted by atomic mass is 9.92. The second-order valence-electron chi connectivity index (χ2n) is 3.86. The first kappa shape index (κ1) is 13.2. The van der Waals surface area contributed by atoms with Crippen LogP contribution in [0.25, 0.3) is 0 Å². The largest absolute Gasteiger partial charge is 0.391 e. The van der Waals surface area contributed by atoms with Crippen LogP contribution in [-0.2, 0) is 4.79 Å². The van der Waals surface area contributed by atoms with E-state index in [0.29, 0.717) is 19.3 Å². The number of hydrogen-bond acceptors (Lipinski definition) is 2. The van der Waals surface area contributed by atoms with E-state index in [0.717, 1.165) is 6.42 Å². The Kier molecular flexibility index (Phi) is 4.12. The van der Waals surface area contributed by atoms with E-state index in [4.69, 9.17) is 0 Å². The summed E-state index contributed by atoms with van der Waals surface area (Å²) in [6, 6.07) is -0.856. The van der Waals surface area contributed by atoms with E-state index in [2.05, 4.69) is 0 Å². The highest BCUT2D eigenvalue weighted by Gasteiger charge is 2.49. The molecule has 1 aliphatic rings. The highest BCUT2D eigenvalue weighted by Crippen LogP contribution is 2.25. The van der Waals surface area contributed by atoms with Crippen LogP contribution in [0.15, 0.2) is 0 Å². The highest BCUT2D eigenvalue weighted by molar-refractivity contribution is 5.84. The van der Waals surface area contributed by atoms with E-state index in [-0.39, 0.29) is 0 Å². The zero-order valence-electron chi connectivity index (χ0n) is 8.43. The molecule has 0 aromatic carbocycles. The van der Waals surface area contributed by atoms with Crippen molar-refractivity contribution in [3.8, 4) is 0 Å². The first-order valence-corrected chi connectivity index (χ1v) is 5.00. The smallest absolute Gasteiger partial charge is 0.383 e. The maximum Gasteiger partial charge on any atom is 0.383 e. The van der Waals surface area contributed by atoms with Crippen molar-refractivity contribution in [3.63, 3.8) is 0 Å². The van der Waals surface area contributed by atoms with Crippen molar-refractivity contribution in [1.29, 1.82) is 0 Å². The van der Waals surface area contributed by atoms with Crippen LogP contribution < -0.4 is 5.32 Å². The van der Waals surface area contributed by atoms with Gasteiger partial charge in [0.15, 0.2) is 0 Å². The Morgan fingerprint density at radius 3 is 2.38 bits per heavy atom. The number of aliphatic hydroxyl groups is 1. The molecule has 94 valence electrons. The Morgan fingerprint density at radius 2 is 1.88 bits per heavy atom. The summed E-state index contributed by atoms with van der Waals surface area (Å²) in [7, 11) is 0. The van der Waals surface area contributed by atoms with Gasteiger partial charge >= 0.3 is 12.3 Å². The molecule has 0 aliphatic heterocycles. The van der Waals surface area contributed by atoms with Gasteiger partial charge in [0.05, 0.1) is 12.1 Å². The molecule has 3 nitrogen and oxygen atoms in total. The lowest BCUT2D eigenvalue weighted by Gasteiger charge is -2.29. The summed E-state index contributed by atoms with van der Waals surface area (Å²) in [5, 5.41) is 11.1. The van der Waals surface area contributed by atoms with Crippen LogP contribution in [0.1, 0.15) is 25.7 Å². The third-order valence-electron chi connectivity index (χ3n) is 2.62. The van der Waals surface area contributed by atoms with E-state index in [9.17, 15) is 27.5 Å². The fourth-order valence-corrected chi connectivity index (χ4v) is 1.64. The molecule has 2 unspecified atom stereocenters. The minimum absolute atomic E-state index is 0.326. The maximum atomic E-state index is 12.6. The third kappa shape index (κ3) is 2.84. The lowest BCUT2D eigenvalue weighted by Crippen LogP contribution is -2.53. The topological polar surface area (TPSA) is 49.3 Å². The van der Waals surface area contributed by atoms with Crippen molar-refractivity contribution in [1.82, 2.24) is 5.32 Å². The van der Waals surface area contributed by atoms with Gasteiger partial charge in [0.25, 0.3) is 5.91 Å². The molecule has 0 radical (unpaired) electrons. The molecule has 1 amide bonds. The fourth-order valence-electron chi connectivity index (χ4n) is 1.64. The molecule has 0 bridgehead atoms. The molecule has 2 N–H and O–H groups in total. The van der Waals surface area contributed by atoms with E-state index >= 15 is 0 Å². The summed E-state index contributed by atoms with van der Waals surface area (Å²) in [5.74, 6) is -6.72. The van der Waals surface area contributed by atoms with E-state index in [1.165, 1.54) is 0 Å². The maximum absolute atomic E-state index is 12.6. The molecule has 1 fully saturated rings. The summed E-state index contributed by atoms with van der Waals surface area (Å²) < 4.78 is 48.8. The molecule has 0 aromatic heterocycles. The number of carbonyl (C=O) groups is 1. The van der Waals surface area contributed by atoms with Crippen LogP contribution in [-0.4, -0.2) is 35.5 Å². The Bertz CT molecular complexity index is 260. The molecule has 1 saturated carbocycles. The molecule has 7 heteroatoms. The SMILES string of the molecule is O=C(NC1CCCCC1O)C(F)(F)C(F)F. The lowest BCUT2D eigenvalue weighted by molar-refractivity contribution is -0.171. The summed E-state index contributed by atoms with van der Waals surface area (Å²) in [5.41, 5.74) is 0. The molecule has 0 spiro atoms. The zero-order chi connectivity index (χ0) is 12.3. The van der Waals surface area contributed by atoms with E-state index in [1.54, 1.807) is 5.32 Å². The van der Waals surface area contributed by atoms with Crippen molar-refractivity contribution in [2.75, 3.05) is 0 Å². The number of carbonyl (C=O) groups excluding carboxylic acids is 1. The number of nitrogens with one attached hydrogen (secondary N) is 1. The molecule has 2 atom stereocenters. The average Bonchev–Trinajstić information content (AvgIpc) is 2.21. The Labute approximate surface area is 89.8 Å². The fraction of sp³-hybridized carbons (Fsp3) is 0.889. The van der Waals surface area contributed by atoms with Gasteiger partial charge in [-0.05, 0) is 12.8 Å². The second kappa shape index (κ2) is 4.99. The zero-order valence-corrected chi connectivity index (χ0v) is 8.43. The van der Waals surface area contributed by atoms with Crippen LogP contribution in [0.5, 0.6) is 0 Å². The number of hydrogen-bond donors (Lipinski definition) is 2. The van der Waals surface area contributed by atoms with Gasteiger partial charge in [-0.2, -0.15) is 8.78 Å². The minimum atomic E-state index is -4.70. The van der Waals surface area contributed by atoms with E-state index < -0.39 is 30.4 Å². The van der Waals surface area contributed by atoms with Gasteiger partial charge in [-0.25, -0.2) is 8.78 Å². The van der Waals surface area contributed by atoms with Crippen molar-refractivity contribution in [2.24, 2.45) is 0 Å². The number of rotatable bonds is 3. The van der Waals surface area contributed by atoms with Crippen LogP contribution in [0.3, 0.4) is 0 Å². The molecular weight excluding hydrogens is 230 g/mol. The summed E-state index contributed by atoms with van der Waals surface area (Å²) in [4.78, 5) is 10.9. The van der Waals surface area contributed by atoms with Gasteiger partial charge < -0.3 is 10.4 Å². The van der Waals surface area contributed by atoms with Gasteiger partial charge in [0.2, 0.25) is 0 Å². The Balaban J connectivity index is 2.56. The summed E-state index contributed by atoms with van der Waals surface area (Å²) in [6.07, 6.45) is -2.86. The van der Waals surface area contributed by atoms with Gasteiger partial charge in [0.1, 0.15) is 0 Å². The molecule has 0 saturated heterocycles. The first-order valence-electron chi connectivity index (χ1n) is 5.00. The molecule has 1 aliphatic carbocycles. The number of amides is 1. The average molecular weight is 243 g/mol. The number of alkyl halides is 4. The monoisotopic (exact) mass is 243 g/mol. The van der Waals surface area contributed by atoms with Crippen LogP contribution in [0.2, 0.25) is 0 Å². The molecule has 0 aromatic rings. The summed E-state index contributed by atoms with van der Waals surface area (Å²) >= 11 is 0. The quantitative estimate of drug-likeness (QED) is 0.734. The van der Waals surface area contributed by atoms with Gasteiger partial charge in [0, 0.05) is 0 Å². The first-order chi connectivity index (χ1) is 7.35. The van der Waals surface area contributed by atoms with Crippen molar-refractivity contribution < 1.29 is 27.5 Å². The molecule has 16 heavy (non-hydrogen) atoms. The normalized spacial score (nSPS) is 26.9. The highest BCUT2D eigenvalue weighted by atomic mass is 19.3. The van der Waals surface area contributed by atoms with Crippen molar-refractivity contribution in [2.45, 2.75) is 50.2 Å². The van der Waals surface area contributed by atoms with Crippen molar-refractivity contribution in [3.05, 3.63) is 0 Å². The molecular formula is C9H13F4NO2. The third-order valence-corrected chi connectivity index (χ3v) is 2.62. The predicted octanol–water partition coefficient (Wildman–Crippen LogP) is 1.31. The van der Waals surface area contributed by atoms with Gasteiger partial charge in [-0.1, -0.05) is 12.8 Å². The van der Waals surface area contributed by atoms with Crippen LogP contribution >= 0.6 is 0 Å². The van der Waals surface area contributed by atoms with Gasteiger partial charge in [-0.3, -0.25) is 4.79 Å². The molecule has 0 heterocycles. The van der Waals surface area contributed by atoms with E-state index in [1.807, 2.05) is 0 Å². The Hall–Kier alpha value is -0.850. The van der Waals surface area contributed by atoms with Crippen molar-refractivity contribution >= 4 is 5.91 Å². The number of aliphatic hydroxyl groups excluding tert-OH is 1. The number of halogens is 4. The van der Waals surface area contributed by atoms with Crippen LogP contribution in [0.4, 0.5) is 17.6 Å². The predicted molar refractivity (Wildman–Crippen MR) is 47.4 cm³/mol. The summed E-state index contributed by atoms with van der Waals surface area (Å²) in [6.45, 7) is 0. The standard InChI is InChI=1S/C9H13F4NO2/c10-7(11)9(12,13)8(16)14-5-3-1-2-4-6(5)15/h5-7,15H,1-4H2,(H,14,16). The van der Waals surface area contributed by atoms with Crippen LogP contribution in [0, 0.1) is 0 Å². The second-order valence-corrected chi connectivity index (χ2v) is 3.86. The Morgan fingerprint density at radius 1 is 1.31 bits per heavy atom. The minimum Gasteiger partial charge on any atom is -0.391 e. The molecule has 1 rings (SSSR count).